The van der Waals surface area contributed by atoms with Crippen molar-refractivity contribution in [3.63, 3.8) is 0 Å². The van der Waals surface area contributed by atoms with Gasteiger partial charge in [0.1, 0.15) is 0 Å². The van der Waals surface area contributed by atoms with Gasteiger partial charge in [-0.05, 0) is 56.2 Å². The van der Waals surface area contributed by atoms with Gasteiger partial charge in [0.25, 0.3) is 5.91 Å². The van der Waals surface area contributed by atoms with Crippen LogP contribution in [0.15, 0.2) is 23.3 Å². The molecule has 0 saturated heterocycles. The minimum atomic E-state index is -0.254. The zero-order valence-corrected chi connectivity index (χ0v) is 13.4. The van der Waals surface area contributed by atoms with Gasteiger partial charge in [-0.2, -0.15) is 5.10 Å². The lowest BCUT2D eigenvalue weighted by molar-refractivity contribution is 0.0954. The molecule has 0 unspecified atom stereocenters. The summed E-state index contributed by atoms with van der Waals surface area (Å²) in [5.41, 5.74) is 4.13. The molecular weight excluding hydrogens is 307 g/mol. The number of halogens is 2. The average Bonchev–Trinajstić information content (AvgIpc) is 3.10. The molecule has 2 aliphatic carbocycles. The maximum atomic E-state index is 12.1. The maximum Gasteiger partial charge on any atom is 0.271 e. The highest BCUT2D eigenvalue weighted by Crippen LogP contribution is 2.48. The summed E-state index contributed by atoms with van der Waals surface area (Å²) in [7, 11) is 0. The lowest BCUT2D eigenvalue weighted by Gasteiger charge is -2.21. The molecule has 3 rings (SSSR count). The third-order valence-corrected chi connectivity index (χ3v) is 5.53. The van der Waals surface area contributed by atoms with Crippen molar-refractivity contribution in [2.45, 2.75) is 32.6 Å². The number of fused-ring (bicyclic) bond motifs is 2. The van der Waals surface area contributed by atoms with Crippen LogP contribution in [0.1, 0.15) is 43.0 Å². The standard InChI is InChI=1S/C16H18Cl2N2O/c1-9(13-7-10-2-3-11(13)6-10)19-20-16(21)12-4-5-14(17)15(18)8-12/h4-5,8,10-11,13H,2-3,6-7H2,1H3,(H,20,21)/b19-9+/t10-,11+,13+/m0/s1. The Hall–Kier alpha value is -1.06. The minimum absolute atomic E-state index is 0.254. The van der Waals surface area contributed by atoms with Crippen molar-refractivity contribution in [3.05, 3.63) is 33.8 Å². The summed E-state index contributed by atoms with van der Waals surface area (Å²) in [6.07, 6.45) is 5.23. The fraction of sp³-hybridized carbons (Fsp3) is 0.500. The van der Waals surface area contributed by atoms with E-state index in [-0.39, 0.29) is 5.91 Å². The number of hydrogen-bond donors (Lipinski definition) is 1. The topological polar surface area (TPSA) is 41.5 Å². The molecule has 2 bridgehead atoms. The normalized spacial score (nSPS) is 28.0. The highest BCUT2D eigenvalue weighted by molar-refractivity contribution is 6.42. The van der Waals surface area contributed by atoms with E-state index < -0.39 is 0 Å². The van der Waals surface area contributed by atoms with E-state index in [1.807, 2.05) is 6.92 Å². The molecule has 2 saturated carbocycles. The molecule has 0 aliphatic heterocycles. The molecule has 0 aromatic heterocycles. The zero-order chi connectivity index (χ0) is 15.0. The number of benzene rings is 1. The molecule has 2 fully saturated rings. The Morgan fingerprint density at radius 3 is 2.67 bits per heavy atom. The smallest absolute Gasteiger partial charge is 0.267 e. The Morgan fingerprint density at radius 1 is 1.24 bits per heavy atom. The van der Waals surface area contributed by atoms with E-state index in [9.17, 15) is 4.79 Å². The fourth-order valence-electron chi connectivity index (χ4n) is 3.68. The average molecular weight is 325 g/mol. The number of nitrogens with zero attached hydrogens (tertiary/aromatic N) is 1. The number of hydrazone groups is 1. The molecule has 112 valence electrons. The Bertz CT molecular complexity index is 600. The second kappa shape index (κ2) is 5.98. The van der Waals surface area contributed by atoms with E-state index >= 15 is 0 Å². The van der Waals surface area contributed by atoms with Crippen LogP contribution in [0, 0.1) is 17.8 Å². The van der Waals surface area contributed by atoms with Crippen LogP contribution in [-0.4, -0.2) is 11.6 Å². The highest BCUT2D eigenvalue weighted by atomic mass is 35.5. The Morgan fingerprint density at radius 2 is 2.05 bits per heavy atom. The summed E-state index contributed by atoms with van der Waals surface area (Å²) in [6, 6.07) is 4.82. The lowest BCUT2D eigenvalue weighted by Crippen LogP contribution is -2.24. The van der Waals surface area contributed by atoms with Crippen LogP contribution in [0.2, 0.25) is 10.0 Å². The minimum Gasteiger partial charge on any atom is -0.267 e. The molecule has 1 N–H and O–H groups in total. The Kier molecular flexibility index (Phi) is 4.23. The lowest BCUT2D eigenvalue weighted by atomic mass is 9.86. The van der Waals surface area contributed by atoms with Gasteiger partial charge in [-0.15, -0.1) is 0 Å². The van der Waals surface area contributed by atoms with Crippen molar-refractivity contribution < 1.29 is 4.79 Å². The number of nitrogens with one attached hydrogen (secondary N) is 1. The van der Waals surface area contributed by atoms with E-state index in [4.69, 9.17) is 23.2 Å². The van der Waals surface area contributed by atoms with Crippen LogP contribution in [0.25, 0.3) is 0 Å². The van der Waals surface area contributed by atoms with Gasteiger partial charge in [0, 0.05) is 17.2 Å². The van der Waals surface area contributed by atoms with Gasteiger partial charge in [0.15, 0.2) is 0 Å². The first-order chi connectivity index (χ1) is 10.0. The fourth-order valence-corrected chi connectivity index (χ4v) is 3.98. The van der Waals surface area contributed by atoms with Gasteiger partial charge in [-0.3, -0.25) is 4.79 Å². The SMILES string of the molecule is C/C(=N\NC(=O)c1ccc(Cl)c(Cl)c1)[C@H]1C[C@H]2CC[C@@H]1C2. The molecule has 0 heterocycles. The molecular formula is C16H18Cl2N2O. The molecule has 2 aliphatic rings. The molecule has 3 nitrogen and oxygen atoms in total. The monoisotopic (exact) mass is 324 g/mol. The van der Waals surface area contributed by atoms with Crippen LogP contribution < -0.4 is 5.43 Å². The first-order valence-electron chi connectivity index (χ1n) is 7.34. The molecule has 0 spiro atoms. The number of hydrogen-bond acceptors (Lipinski definition) is 2. The summed E-state index contributed by atoms with van der Waals surface area (Å²) in [6.45, 7) is 2.01. The number of carbonyl (C=O) groups is 1. The second-order valence-corrected chi connectivity index (χ2v) is 6.92. The summed E-state index contributed by atoms with van der Waals surface area (Å²) < 4.78 is 0. The van der Waals surface area contributed by atoms with Crippen molar-refractivity contribution in [1.82, 2.24) is 5.43 Å². The molecule has 0 radical (unpaired) electrons. The molecule has 5 heteroatoms. The van der Waals surface area contributed by atoms with Crippen LogP contribution >= 0.6 is 23.2 Å². The van der Waals surface area contributed by atoms with Crippen LogP contribution in [0.3, 0.4) is 0 Å². The van der Waals surface area contributed by atoms with Gasteiger partial charge in [-0.1, -0.05) is 29.6 Å². The van der Waals surface area contributed by atoms with Gasteiger partial charge in [0.2, 0.25) is 0 Å². The van der Waals surface area contributed by atoms with Gasteiger partial charge in [-0.25, -0.2) is 5.43 Å². The second-order valence-electron chi connectivity index (χ2n) is 6.10. The number of carbonyl (C=O) groups excluding carboxylic acids is 1. The third-order valence-electron chi connectivity index (χ3n) is 4.79. The van der Waals surface area contributed by atoms with Crippen molar-refractivity contribution in [3.8, 4) is 0 Å². The Labute approximate surface area is 134 Å². The molecule has 3 atom stereocenters. The van der Waals surface area contributed by atoms with Crippen LogP contribution in [-0.2, 0) is 0 Å². The molecule has 1 aromatic rings. The molecule has 1 amide bonds. The van der Waals surface area contributed by atoms with Crippen LogP contribution in [0.5, 0.6) is 0 Å². The number of amides is 1. The zero-order valence-electron chi connectivity index (χ0n) is 11.9. The van der Waals surface area contributed by atoms with E-state index in [2.05, 4.69) is 10.5 Å². The van der Waals surface area contributed by atoms with Crippen molar-refractivity contribution in [2.75, 3.05) is 0 Å². The van der Waals surface area contributed by atoms with Gasteiger partial charge < -0.3 is 0 Å². The van der Waals surface area contributed by atoms with Crippen LogP contribution in [0.4, 0.5) is 0 Å². The largest absolute Gasteiger partial charge is 0.271 e. The van der Waals surface area contributed by atoms with E-state index in [1.165, 1.54) is 25.7 Å². The third kappa shape index (κ3) is 3.09. The summed E-state index contributed by atoms with van der Waals surface area (Å²) in [4.78, 5) is 12.1. The summed E-state index contributed by atoms with van der Waals surface area (Å²) >= 11 is 11.8. The summed E-state index contributed by atoms with van der Waals surface area (Å²) in [5.74, 6) is 1.92. The van der Waals surface area contributed by atoms with Gasteiger partial charge >= 0.3 is 0 Å². The summed E-state index contributed by atoms with van der Waals surface area (Å²) in [5, 5.41) is 5.11. The van der Waals surface area contributed by atoms with E-state index in [0.717, 1.165) is 17.5 Å². The van der Waals surface area contributed by atoms with Crippen molar-refractivity contribution in [2.24, 2.45) is 22.9 Å². The highest BCUT2D eigenvalue weighted by Gasteiger charge is 2.40. The number of rotatable bonds is 3. The van der Waals surface area contributed by atoms with Crippen molar-refractivity contribution >= 4 is 34.8 Å². The quantitative estimate of drug-likeness (QED) is 0.643. The predicted molar refractivity (Wildman–Crippen MR) is 86.0 cm³/mol. The Balaban J connectivity index is 1.64. The van der Waals surface area contributed by atoms with Gasteiger partial charge in [0.05, 0.1) is 10.0 Å². The van der Waals surface area contributed by atoms with E-state index in [1.54, 1.807) is 18.2 Å². The van der Waals surface area contributed by atoms with E-state index in [0.29, 0.717) is 21.5 Å². The predicted octanol–water partition coefficient (Wildman–Crippen LogP) is 4.54. The molecule has 21 heavy (non-hydrogen) atoms. The first kappa shape index (κ1) is 14.9. The molecule has 1 aromatic carbocycles. The maximum absolute atomic E-state index is 12.1. The van der Waals surface area contributed by atoms with Crippen molar-refractivity contribution in [1.29, 1.82) is 0 Å². The first-order valence-corrected chi connectivity index (χ1v) is 8.09.